The Labute approximate surface area is 189 Å². The first-order valence-electron chi connectivity index (χ1n) is 9.66. The molecule has 0 unspecified atom stereocenters. The number of hydrogen-bond acceptors (Lipinski definition) is 3. The summed E-state index contributed by atoms with van der Waals surface area (Å²) in [6, 6.07) is 19.9. The minimum absolute atomic E-state index is 0.0297. The van der Waals surface area contributed by atoms with E-state index in [1.807, 2.05) is 36.4 Å². The minimum Gasteiger partial charge on any atom is -0.493 e. The van der Waals surface area contributed by atoms with Gasteiger partial charge < -0.3 is 15.2 Å². The summed E-state index contributed by atoms with van der Waals surface area (Å²) in [6.45, 7) is 2.58. The van der Waals surface area contributed by atoms with E-state index in [0.717, 1.165) is 27.5 Å². The van der Waals surface area contributed by atoms with Gasteiger partial charge in [-0.1, -0.05) is 49.7 Å². The fourth-order valence-corrected chi connectivity index (χ4v) is 3.46. The van der Waals surface area contributed by atoms with E-state index in [-0.39, 0.29) is 11.3 Å². The number of amides is 1. The molecule has 0 saturated heterocycles. The molecular weight excluding hydrogens is 493 g/mol. The number of carboxylic acids is 1. The molecule has 0 heterocycles. The second-order valence-electron chi connectivity index (χ2n) is 6.73. The first kappa shape index (κ1) is 21.8. The summed E-state index contributed by atoms with van der Waals surface area (Å²) < 4.78 is 6.67. The Morgan fingerprint density at radius 3 is 2.43 bits per heavy atom. The Hall–Kier alpha value is -2.87. The number of hydrogen-bond donors (Lipinski definition) is 2. The Morgan fingerprint density at radius 1 is 0.967 bits per heavy atom. The van der Waals surface area contributed by atoms with Crippen LogP contribution in [0.25, 0.3) is 11.1 Å². The normalized spacial score (nSPS) is 10.5. The fourth-order valence-electron chi connectivity index (χ4n) is 2.97. The molecule has 6 heteroatoms. The van der Waals surface area contributed by atoms with Crippen LogP contribution in [0.4, 0.5) is 5.69 Å². The summed E-state index contributed by atoms with van der Waals surface area (Å²) >= 11 is 2.13. The molecule has 0 aliphatic carbocycles. The number of benzene rings is 3. The molecule has 0 aromatic heterocycles. The lowest BCUT2D eigenvalue weighted by atomic mass is 10.0. The predicted octanol–water partition coefficient (Wildman–Crippen LogP) is 6.09. The molecule has 0 radical (unpaired) electrons. The van der Waals surface area contributed by atoms with Gasteiger partial charge in [-0.05, 0) is 70.5 Å². The van der Waals surface area contributed by atoms with Gasteiger partial charge in [0, 0.05) is 3.57 Å². The molecule has 0 bridgehead atoms. The number of aromatic carboxylic acids is 1. The highest BCUT2D eigenvalue weighted by molar-refractivity contribution is 14.1. The van der Waals surface area contributed by atoms with Crippen molar-refractivity contribution in [1.29, 1.82) is 0 Å². The number of halogens is 1. The number of ether oxygens (including phenoxy) is 1. The van der Waals surface area contributed by atoms with Gasteiger partial charge in [-0.15, -0.1) is 0 Å². The molecule has 3 rings (SSSR count). The average Bonchev–Trinajstić information content (AvgIpc) is 2.75. The van der Waals surface area contributed by atoms with E-state index in [0.29, 0.717) is 17.9 Å². The van der Waals surface area contributed by atoms with Crippen molar-refractivity contribution in [3.63, 3.8) is 0 Å². The third-order valence-corrected chi connectivity index (χ3v) is 5.22. The summed E-state index contributed by atoms with van der Waals surface area (Å²) in [6.07, 6.45) is 1.87. The van der Waals surface area contributed by atoms with Crippen molar-refractivity contribution in [1.82, 2.24) is 0 Å². The molecule has 2 N–H and O–H groups in total. The molecule has 3 aromatic rings. The monoisotopic (exact) mass is 515 g/mol. The average molecular weight is 515 g/mol. The van der Waals surface area contributed by atoms with Crippen LogP contribution in [0.15, 0.2) is 66.7 Å². The van der Waals surface area contributed by atoms with Crippen molar-refractivity contribution in [3.8, 4) is 16.9 Å². The number of carbonyl (C=O) groups is 2. The number of anilines is 1. The molecule has 154 valence electrons. The maximum absolute atomic E-state index is 13.1. The van der Waals surface area contributed by atoms with Gasteiger partial charge in [0.1, 0.15) is 5.75 Å². The summed E-state index contributed by atoms with van der Waals surface area (Å²) in [4.78, 5) is 24.8. The van der Waals surface area contributed by atoms with Crippen LogP contribution in [0.1, 0.15) is 40.5 Å². The first-order valence-corrected chi connectivity index (χ1v) is 10.7. The van der Waals surface area contributed by atoms with E-state index in [1.165, 1.54) is 6.07 Å². The Morgan fingerprint density at radius 2 is 1.73 bits per heavy atom. The number of unbranched alkanes of at least 4 members (excludes halogenated alkanes) is 1. The lowest BCUT2D eigenvalue weighted by molar-refractivity contribution is 0.0698. The third-order valence-electron chi connectivity index (χ3n) is 4.55. The summed E-state index contributed by atoms with van der Waals surface area (Å²) in [5, 5.41) is 12.3. The molecule has 3 aromatic carbocycles. The zero-order valence-corrected chi connectivity index (χ0v) is 18.7. The van der Waals surface area contributed by atoms with E-state index < -0.39 is 11.9 Å². The molecule has 0 saturated carbocycles. The van der Waals surface area contributed by atoms with Crippen molar-refractivity contribution < 1.29 is 19.4 Å². The van der Waals surface area contributed by atoms with Gasteiger partial charge in [0.15, 0.2) is 0 Å². The van der Waals surface area contributed by atoms with Gasteiger partial charge >= 0.3 is 5.97 Å². The van der Waals surface area contributed by atoms with Crippen molar-refractivity contribution in [2.45, 2.75) is 19.8 Å². The highest BCUT2D eigenvalue weighted by atomic mass is 127. The lowest BCUT2D eigenvalue weighted by Gasteiger charge is -2.14. The second-order valence-corrected chi connectivity index (χ2v) is 7.97. The smallest absolute Gasteiger partial charge is 0.337 e. The number of carbonyl (C=O) groups excluding carboxylic acids is 1. The van der Waals surface area contributed by atoms with Crippen LogP contribution in [0, 0.1) is 3.57 Å². The van der Waals surface area contributed by atoms with Crippen molar-refractivity contribution in [2.24, 2.45) is 0 Å². The molecule has 0 aliphatic heterocycles. The number of rotatable bonds is 8. The molecule has 0 aliphatic rings. The van der Waals surface area contributed by atoms with Gasteiger partial charge in [-0.25, -0.2) is 4.79 Å². The highest BCUT2D eigenvalue weighted by Crippen LogP contribution is 2.28. The predicted molar refractivity (Wildman–Crippen MR) is 126 cm³/mol. The Balaban J connectivity index is 1.94. The maximum atomic E-state index is 13.1. The van der Waals surface area contributed by atoms with Crippen LogP contribution in [0.3, 0.4) is 0 Å². The standard InChI is InChI=1S/C24H22INO4/c1-2-3-13-30-22-12-10-18(25)15-20(22)23(27)26-21-14-17(9-11-19(21)24(28)29)16-7-5-4-6-8-16/h4-12,14-15H,2-3,13H2,1H3,(H,26,27)(H,28,29). The zero-order valence-electron chi connectivity index (χ0n) is 16.5. The third kappa shape index (κ3) is 5.38. The van der Waals surface area contributed by atoms with Crippen LogP contribution in [0.2, 0.25) is 0 Å². The Bertz CT molecular complexity index is 1050. The largest absolute Gasteiger partial charge is 0.493 e. The lowest BCUT2D eigenvalue weighted by Crippen LogP contribution is -2.16. The molecule has 1 amide bonds. The van der Waals surface area contributed by atoms with Crippen LogP contribution in [-0.2, 0) is 0 Å². The molecule has 0 fully saturated rings. The van der Waals surface area contributed by atoms with Crippen molar-refractivity contribution in [3.05, 3.63) is 81.4 Å². The molecule has 5 nitrogen and oxygen atoms in total. The minimum atomic E-state index is -1.10. The van der Waals surface area contributed by atoms with Crippen LogP contribution < -0.4 is 10.1 Å². The first-order chi connectivity index (χ1) is 14.5. The van der Waals surface area contributed by atoms with E-state index in [1.54, 1.807) is 24.3 Å². The maximum Gasteiger partial charge on any atom is 0.337 e. The highest BCUT2D eigenvalue weighted by Gasteiger charge is 2.18. The summed E-state index contributed by atoms with van der Waals surface area (Å²) in [7, 11) is 0. The fraction of sp³-hybridized carbons (Fsp3) is 0.167. The quantitative estimate of drug-likeness (QED) is 0.281. The van der Waals surface area contributed by atoms with Crippen LogP contribution in [-0.4, -0.2) is 23.6 Å². The number of carboxylic acid groups (broad SMARTS) is 1. The van der Waals surface area contributed by atoms with E-state index in [4.69, 9.17) is 4.74 Å². The molecule has 30 heavy (non-hydrogen) atoms. The zero-order chi connectivity index (χ0) is 21.5. The van der Waals surface area contributed by atoms with Crippen LogP contribution in [0.5, 0.6) is 5.75 Å². The summed E-state index contributed by atoms with van der Waals surface area (Å²) in [5.74, 6) is -1.03. The SMILES string of the molecule is CCCCOc1ccc(I)cc1C(=O)Nc1cc(-c2ccccc2)ccc1C(=O)O. The molecular formula is C24H22INO4. The second kappa shape index (κ2) is 10.2. The topological polar surface area (TPSA) is 75.6 Å². The van der Waals surface area contributed by atoms with Crippen molar-refractivity contribution in [2.75, 3.05) is 11.9 Å². The van der Waals surface area contributed by atoms with Crippen LogP contribution >= 0.6 is 22.6 Å². The number of nitrogens with one attached hydrogen (secondary N) is 1. The van der Waals surface area contributed by atoms with Gasteiger partial charge in [0.2, 0.25) is 0 Å². The Kier molecular flexibility index (Phi) is 7.46. The van der Waals surface area contributed by atoms with Gasteiger partial charge in [0.25, 0.3) is 5.91 Å². The van der Waals surface area contributed by atoms with E-state index >= 15 is 0 Å². The summed E-state index contributed by atoms with van der Waals surface area (Å²) in [5.41, 5.74) is 2.40. The van der Waals surface area contributed by atoms with Gasteiger partial charge in [-0.3, -0.25) is 4.79 Å². The molecule has 0 atom stereocenters. The van der Waals surface area contributed by atoms with E-state index in [9.17, 15) is 14.7 Å². The van der Waals surface area contributed by atoms with Gasteiger partial charge in [-0.2, -0.15) is 0 Å². The van der Waals surface area contributed by atoms with Crippen molar-refractivity contribution >= 4 is 40.2 Å². The van der Waals surface area contributed by atoms with Gasteiger partial charge in [0.05, 0.1) is 23.4 Å². The van der Waals surface area contributed by atoms with E-state index in [2.05, 4.69) is 34.8 Å². The molecule has 0 spiro atoms.